The van der Waals surface area contributed by atoms with E-state index in [0.717, 1.165) is 5.56 Å². The molecule has 0 saturated carbocycles. The molecular formula is C10H16N2O4S2. The maximum absolute atomic E-state index is 11.0. The molecule has 1 atom stereocenters. The zero-order valence-electron chi connectivity index (χ0n) is 10.0. The van der Waals surface area contributed by atoms with E-state index >= 15 is 0 Å². The third kappa shape index (κ3) is 4.92. The maximum Gasteiger partial charge on any atom is 0.162 e. The van der Waals surface area contributed by atoms with Crippen molar-refractivity contribution in [2.75, 3.05) is 0 Å². The van der Waals surface area contributed by atoms with Gasteiger partial charge in [0.05, 0.1) is 11.3 Å². The van der Waals surface area contributed by atoms with E-state index < -0.39 is 15.5 Å². The van der Waals surface area contributed by atoms with Crippen molar-refractivity contribution < 1.29 is 18.1 Å². The Labute approximate surface area is 112 Å². The van der Waals surface area contributed by atoms with Crippen molar-refractivity contribution >= 4 is 22.9 Å². The molecule has 0 aliphatic rings. The second kappa shape index (κ2) is 6.00. The fourth-order valence-electron chi connectivity index (χ4n) is 1.46. The summed E-state index contributed by atoms with van der Waals surface area (Å²) in [6, 6.07) is 7.02. The molecule has 3 N–H and O–H groups in total. The maximum atomic E-state index is 11.0. The molecule has 18 heavy (non-hydrogen) atoms. The minimum absolute atomic E-state index is 0.207. The molecule has 1 unspecified atom stereocenters. The number of benzene rings is 1. The molecule has 1 aromatic rings. The lowest BCUT2D eigenvalue weighted by atomic mass is 9.94. The van der Waals surface area contributed by atoms with Crippen molar-refractivity contribution in [1.29, 1.82) is 4.78 Å². The minimum Gasteiger partial charge on any atom is -0.300 e. The van der Waals surface area contributed by atoms with Crippen molar-refractivity contribution in [1.82, 2.24) is 5.48 Å². The first kappa shape index (κ1) is 15.4. The Hall–Kier alpha value is -0.640. The summed E-state index contributed by atoms with van der Waals surface area (Å²) in [6.45, 7) is 3.69. The van der Waals surface area contributed by atoms with E-state index in [1.807, 2.05) is 19.9 Å². The van der Waals surface area contributed by atoms with Gasteiger partial charge in [-0.25, -0.2) is 8.99 Å². The summed E-state index contributed by atoms with van der Waals surface area (Å²) in [6.07, 6.45) is 0. The van der Waals surface area contributed by atoms with Crippen LogP contribution < -0.4 is 5.48 Å². The van der Waals surface area contributed by atoms with Gasteiger partial charge in [-0.2, -0.15) is 5.48 Å². The van der Waals surface area contributed by atoms with Crippen molar-refractivity contribution in [2.45, 2.75) is 25.1 Å². The van der Waals surface area contributed by atoms with Crippen molar-refractivity contribution in [3.8, 4) is 0 Å². The number of hydrogen-bond acceptors (Lipinski definition) is 6. The van der Waals surface area contributed by atoms with Crippen molar-refractivity contribution in [3.05, 3.63) is 35.4 Å². The average molecular weight is 292 g/mol. The first-order valence-electron chi connectivity index (χ1n) is 5.07. The minimum atomic E-state index is -3.54. The molecular weight excluding hydrogens is 276 g/mol. The summed E-state index contributed by atoms with van der Waals surface area (Å²) >= 11 is 3.44. The number of nitrogens with one attached hydrogen (secondary N) is 2. The summed E-state index contributed by atoms with van der Waals surface area (Å²) < 4.78 is 31.3. The van der Waals surface area contributed by atoms with Crippen molar-refractivity contribution in [3.63, 3.8) is 0 Å². The highest BCUT2D eigenvalue weighted by molar-refractivity contribution is 7.86. The van der Waals surface area contributed by atoms with E-state index in [-0.39, 0.29) is 5.75 Å². The van der Waals surface area contributed by atoms with Gasteiger partial charge in [-0.05, 0) is 25.0 Å². The lowest BCUT2D eigenvalue weighted by molar-refractivity contribution is -0.263. The third-order valence-corrected chi connectivity index (χ3v) is 3.14. The van der Waals surface area contributed by atoms with E-state index in [1.165, 1.54) is 0 Å². The summed E-state index contributed by atoms with van der Waals surface area (Å²) in [5.74, 6) is -0.207. The Kier molecular flexibility index (Phi) is 5.14. The SMILES string of the molecule is CC(C)(NOOS)c1cccc(CS(=N)(=O)O)c1. The fraction of sp³-hybridized carbons (Fsp3) is 0.400. The second-order valence-corrected chi connectivity index (χ2v) is 6.09. The van der Waals surface area contributed by atoms with Crippen molar-refractivity contribution in [2.24, 2.45) is 0 Å². The van der Waals surface area contributed by atoms with Crippen LogP contribution in [0, 0.1) is 4.78 Å². The molecule has 0 aliphatic heterocycles. The fourth-order valence-corrected chi connectivity index (χ4v) is 2.13. The molecule has 6 nitrogen and oxygen atoms in total. The smallest absolute Gasteiger partial charge is 0.162 e. The zero-order valence-corrected chi connectivity index (χ0v) is 11.8. The summed E-state index contributed by atoms with van der Waals surface area (Å²) in [7, 11) is -3.54. The third-order valence-electron chi connectivity index (χ3n) is 2.35. The lowest BCUT2D eigenvalue weighted by Crippen LogP contribution is -2.36. The normalized spacial score (nSPS) is 15.3. The molecule has 0 saturated heterocycles. The molecule has 0 aromatic heterocycles. The first-order valence-corrected chi connectivity index (χ1v) is 7.12. The second-order valence-electron chi connectivity index (χ2n) is 4.37. The Bertz CT molecular complexity index is 502. The van der Waals surface area contributed by atoms with E-state index in [1.54, 1.807) is 18.2 Å². The van der Waals surface area contributed by atoms with Crippen LogP contribution >= 0.6 is 12.9 Å². The molecule has 1 aromatic carbocycles. The van der Waals surface area contributed by atoms with Gasteiger partial charge in [-0.3, -0.25) is 0 Å². The predicted molar refractivity (Wildman–Crippen MR) is 71.0 cm³/mol. The van der Waals surface area contributed by atoms with Gasteiger partial charge >= 0.3 is 0 Å². The Morgan fingerprint density at radius 2 is 2.22 bits per heavy atom. The van der Waals surface area contributed by atoms with Gasteiger partial charge in [0.25, 0.3) is 0 Å². The van der Waals surface area contributed by atoms with Crippen LogP contribution in [0.1, 0.15) is 25.0 Å². The molecule has 0 bridgehead atoms. The molecule has 0 spiro atoms. The highest BCUT2D eigenvalue weighted by Gasteiger charge is 2.21. The molecule has 0 aliphatic carbocycles. The Balaban J connectivity index is 2.94. The number of thiol groups is 1. The van der Waals surface area contributed by atoms with Gasteiger partial charge < -0.3 is 4.55 Å². The van der Waals surface area contributed by atoms with Crippen LogP contribution in [0.25, 0.3) is 0 Å². The van der Waals surface area contributed by atoms with E-state index in [4.69, 9.17) is 9.33 Å². The van der Waals surface area contributed by atoms with Gasteiger partial charge in [0.2, 0.25) is 0 Å². The predicted octanol–water partition coefficient (Wildman–Crippen LogP) is 2.24. The van der Waals surface area contributed by atoms with E-state index in [0.29, 0.717) is 5.56 Å². The molecule has 0 fully saturated rings. The number of rotatable bonds is 6. The number of hydroxylamine groups is 1. The Morgan fingerprint density at radius 1 is 1.56 bits per heavy atom. The van der Waals surface area contributed by atoms with Crippen LogP contribution in [-0.2, 0) is 30.6 Å². The summed E-state index contributed by atoms with van der Waals surface area (Å²) in [5.41, 5.74) is 3.50. The molecule has 0 radical (unpaired) electrons. The lowest BCUT2D eigenvalue weighted by Gasteiger charge is -2.25. The van der Waals surface area contributed by atoms with Crippen LogP contribution in [0.15, 0.2) is 24.3 Å². The molecule has 8 heteroatoms. The molecule has 0 heterocycles. The van der Waals surface area contributed by atoms with Gasteiger partial charge in [0.1, 0.15) is 0 Å². The number of hydrogen-bond donors (Lipinski definition) is 4. The highest BCUT2D eigenvalue weighted by Crippen LogP contribution is 2.22. The van der Waals surface area contributed by atoms with Gasteiger partial charge in [-0.1, -0.05) is 24.3 Å². The van der Waals surface area contributed by atoms with E-state index in [9.17, 15) is 4.21 Å². The monoisotopic (exact) mass is 292 g/mol. The van der Waals surface area contributed by atoms with Crippen LogP contribution in [0.3, 0.4) is 0 Å². The zero-order chi connectivity index (χ0) is 13.8. The molecule has 102 valence electrons. The van der Waals surface area contributed by atoms with Crippen LogP contribution in [0.4, 0.5) is 0 Å². The van der Waals surface area contributed by atoms with E-state index in [2.05, 4.69) is 27.7 Å². The largest absolute Gasteiger partial charge is 0.300 e. The topological polar surface area (TPSA) is 91.6 Å². The standard InChI is InChI=1S/C10H16N2O4S2/c1-10(2,12-15-16-17)9-5-3-4-8(6-9)7-18(11,13)14/h3-6,12,17H,7H2,1-2H3,(H2,11,13,14). The average Bonchev–Trinajstić information content (AvgIpc) is 2.24. The van der Waals surface area contributed by atoms with Gasteiger partial charge in [-0.15, -0.1) is 9.32 Å². The van der Waals surface area contributed by atoms with Gasteiger partial charge in [0.15, 0.2) is 10.0 Å². The first-order chi connectivity index (χ1) is 8.24. The summed E-state index contributed by atoms with van der Waals surface area (Å²) in [5, 5.41) is 0. The Morgan fingerprint density at radius 3 is 2.78 bits per heavy atom. The van der Waals surface area contributed by atoms with Crippen LogP contribution in [0.2, 0.25) is 0 Å². The van der Waals surface area contributed by atoms with Crippen LogP contribution in [-0.4, -0.2) is 8.76 Å². The molecule has 0 amide bonds. The van der Waals surface area contributed by atoms with Crippen LogP contribution in [0.5, 0.6) is 0 Å². The van der Waals surface area contributed by atoms with Gasteiger partial charge in [0, 0.05) is 12.9 Å². The highest BCUT2D eigenvalue weighted by atomic mass is 32.2. The molecule has 1 rings (SSSR count). The summed E-state index contributed by atoms with van der Waals surface area (Å²) in [4.78, 5) is 4.56. The quantitative estimate of drug-likeness (QED) is 0.279.